The van der Waals surface area contributed by atoms with Crippen molar-refractivity contribution < 1.29 is 0 Å². The van der Waals surface area contributed by atoms with Crippen molar-refractivity contribution in [2.45, 2.75) is 134 Å². The summed E-state index contributed by atoms with van der Waals surface area (Å²) in [6.45, 7) is 33.6. The molecule has 2 nitrogen and oxygen atoms in total. The molecular weight excluding hydrogens is 316 g/mol. The molecule has 0 aliphatic carbocycles. The van der Waals surface area contributed by atoms with E-state index in [0.717, 1.165) is 18.8 Å². The van der Waals surface area contributed by atoms with Crippen LogP contribution in [0.2, 0.25) is 0 Å². The lowest BCUT2D eigenvalue weighted by Gasteiger charge is -2.31. The lowest BCUT2D eigenvalue weighted by Crippen LogP contribution is -2.28. The molecule has 0 N–H and O–H groups in total. The molecule has 0 amide bonds. The van der Waals surface area contributed by atoms with Crippen molar-refractivity contribution in [3.8, 4) is 0 Å². The van der Waals surface area contributed by atoms with Crippen molar-refractivity contribution in [2.24, 2.45) is 32.4 Å². The fourth-order valence-electron chi connectivity index (χ4n) is 4.16. The predicted octanol–water partition coefficient (Wildman–Crippen LogP) is 8.95. The molecule has 0 aromatic carbocycles. The molecule has 0 fully saturated rings. The molecule has 0 rings (SSSR count). The number of azo groups is 1. The van der Waals surface area contributed by atoms with Crippen molar-refractivity contribution in [2.75, 3.05) is 0 Å². The van der Waals surface area contributed by atoms with Crippen LogP contribution in [0.4, 0.5) is 0 Å². The smallest absolute Gasteiger partial charge is 0.0765 e. The van der Waals surface area contributed by atoms with Gasteiger partial charge in [-0.15, -0.1) is 0 Å². The Bertz CT molecular complexity index is 377. The molecule has 0 aliphatic rings. The summed E-state index contributed by atoms with van der Waals surface area (Å²) in [6.07, 6.45) is 3.43. The summed E-state index contributed by atoms with van der Waals surface area (Å²) in [5.41, 5.74) is 0.947. The topological polar surface area (TPSA) is 24.7 Å². The fraction of sp³-hybridized carbons (Fsp3) is 1.00. The molecule has 0 saturated carbocycles. The summed E-state index contributed by atoms with van der Waals surface area (Å²) < 4.78 is 0. The van der Waals surface area contributed by atoms with Gasteiger partial charge in [-0.25, -0.2) is 0 Å². The van der Waals surface area contributed by atoms with Gasteiger partial charge in [0.2, 0.25) is 0 Å². The molecule has 26 heavy (non-hydrogen) atoms. The number of hydrogen-bond donors (Lipinski definition) is 0. The largest absolute Gasteiger partial charge is 0.187 e. The van der Waals surface area contributed by atoms with Gasteiger partial charge in [-0.1, -0.05) is 76.2 Å². The minimum absolute atomic E-state index is 0.0760. The zero-order chi connectivity index (χ0) is 21.6. The molecule has 0 heterocycles. The number of nitrogens with zero attached hydrogens (tertiary/aromatic N) is 2. The van der Waals surface area contributed by atoms with Crippen LogP contribution in [0.15, 0.2) is 10.2 Å². The summed E-state index contributed by atoms with van der Waals surface area (Å²) in [6, 6.07) is 0. The normalized spacial score (nSPS) is 14.6. The average molecular weight is 369 g/mol. The Balaban J connectivity index is 0. The predicted molar refractivity (Wildman–Crippen MR) is 120 cm³/mol. The van der Waals surface area contributed by atoms with E-state index in [2.05, 4.69) is 114 Å². The lowest BCUT2D eigenvalue weighted by atomic mass is 9.81. The highest BCUT2D eigenvalue weighted by atomic mass is 15.2. The van der Waals surface area contributed by atoms with E-state index in [1.165, 1.54) is 6.42 Å². The molecule has 0 bridgehead atoms. The molecule has 0 saturated heterocycles. The van der Waals surface area contributed by atoms with Gasteiger partial charge in [-0.05, 0) is 69.1 Å². The van der Waals surface area contributed by atoms with E-state index < -0.39 is 0 Å². The van der Waals surface area contributed by atoms with Crippen molar-refractivity contribution in [1.82, 2.24) is 0 Å². The van der Waals surface area contributed by atoms with Crippen LogP contribution >= 0.6 is 0 Å². The van der Waals surface area contributed by atoms with Gasteiger partial charge in [0, 0.05) is 0 Å². The Labute approximate surface area is 167 Å². The van der Waals surface area contributed by atoms with E-state index in [4.69, 9.17) is 0 Å². The molecule has 0 unspecified atom stereocenters. The molecular formula is C24H52N2. The van der Waals surface area contributed by atoms with Crippen LogP contribution < -0.4 is 0 Å². The first-order valence-electron chi connectivity index (χ1n) is 10.5. The summed E-state index contributed by atoms with van der Waals surface area (Å²) in [7, 11) is 0. The van der Waals surface area contributed by atoms with Crippen LogP contribution in [0.25, 0.3) is 0 Å². The Morgan fingerprint density at radius 1 is 0.500 bits per heavy atom. The van der Waals surface area contributed by atoms with Crippen molar-refractivity contribution in [1.29, 1.82) is 0 Å². The van der Waals surface area contributed by atoms with E-state index in [1.807, 2.05) is 0 Å². The van der Waals surface area contributed by atoms with Crippen LogP contribution in [-0.4, -0.2) is 11.1 Å². The Kier molecular flexibility index (Phi) is 10.4. The van der Waals surface area contributed by atoms with E-state index in [9.17, 15) is 0 Å². The first-order valence-corrected chi connectivity index (χ1v) is 10.5. The van der Waals surface area contributed by atoms with Gasteiger partial charge in [0.1, 0.15) is 0 Å². The maximum atomic E-state index is 4.62. The van der Waals surface area contributed by atoms with Gasteiger partial charge >= 0.3 is 0 Å². The minimum Gasteiger partial charge on any atom is -0.187 e. The molecule has 0 aromatic heterocycles. The zero-order valence-electron chi connectivity index (χ0n) is 21.1. The second-order valence-corrected chi connectivity index (χ2v) is 13.5. The number of hydrogen-bond acceptors (Lipinski definition) is 2. The van der Waals surface area contributed by atoms with Crippen LogP contribution in [-0.2, 0) is 0 Å². The first kappa shape index (κ1) is 27.8. The molecule has 0 aliphatic heterocycles. The Morgan fingerprint density at radius 3 is 0.885 bits per heavy atom. The SMILES string of the molecule is CC(C)(C)CC(C)(C)N=NC(C)(C)CC(C)(C)C.CC(C)CC(C)(C)C. The standard InChI is InChI=1S/C16H34N2.C8H18/c1-13(2,3)11-15(7,8)17-18-16(9,10)12-14(4,5)6;1-7(2)6-8(3,4)5/h11-12H2,1-10H3;7H,6H2,1-5H3. The second kappa shape index (κ2) is 9.69. The van der Waals surface area contributed by atoms with Crippen LogP contribution in [0.1, 0.15) is 123 Å². The third-order valence-corrected chi connectivity index (χ3v) is 3.54. The molecule has 0 spiro atoms. The van der Waals surface area contributed by atoms with Gasteiger partial charge < -0.3 is 0 Å². The maximum absolute atomic E-state index is 4.62. The lowest BCUT2D eigenvalue weighted by molar-refractivity contribution is 0.248. The maximum Gasteiger partial charge on any atom is 0.0765 e. The molecule has 158 valence electrons. The molecule has 2 heteroatoms. The van der Waals surface area contributed by atoms with Crippen molar-refractivity contribution >= 4 is 0 Å². The van der Waals surface area contributed by atoms with Crippen LogP contribution in [0.3, 0.4) is 0 Å². The van der Waals surface area contributed by atoms with Crippen molar-refractivity contribution in [3.63, 3.8) is 0 Å². The highest BCUT2D eigenvalue weighted by molar-refractivity contribution is 4.86. The Morgan fingerprint density at radius 2 is 0.769 bits per heavy atom. The van der Waals surface area contributed by atoms with Crippen LogP contribution in [0, 0.1) is 22.2 Å². The molecule has 0 radical (unpaired) electrons. The second-order valence-electron chi connectivity index (χ2n) is 13.5. The zero-order valence-corrected chi connectivity index (χ0v) is 21.1. The van der Waals surface area contributed by atoms with E-state index in [1.54, 1.807) is 0 Å². The van der Waals surface area contributed by atoms with Crippen molar-refractivity contribution in [3.05, 3.63) is 0 Å². The summed E-state index contributed by atoms with van der Waals surface area (Å²) in [4.78, 5) is 0. The highest BCUT2D eigenvalue weighted by Gasteiger charge is 2.29. The van der Waals surface area contributed by atoms with Gasteiger partial charge in [-0.3, -0.25) is 0 Å². The third-order valence-electron chi connectivity index (χ3n) is 3.54. The molecule has 0 atom stereocenters. The Hall–Kier alpha value is -0.400. The van der Waals surface area contributed by atoms with E-state index in [0.29, 0.717) is 5.41 Å². The third kappa shape index (κ3) is 21.6. The number of rotatable bonds is 5. The van der Waals surface area contributed by atoms with Gasteiger partial charge in [-0.2, -0.15) is 10.2 Å². The van der Waals surface area contributed by atoms with Gasteiger partial charge in [0.05, 0.1) is 11.1 Å². The van der Waals surface area contributed by atoms with Crippen LogP contribution in [0.5, 0.6) is 0 Å². The summed E-state index contributed by atoms with van der Waals surface area (Å²) >= 11 is 0. The average Bonchev–Trinajstić information content (AvgIpc) is 2.16. The first-order chi connectivity index (χ1) is 11.0. The van der Waals surface area contributed by atoms with Gasteiger partial charge in [0.25, 0.3) is 0 Å². The highest BCUT2D eigenvalue weighted by Crippen LogP contribution is 2.33. The van der Waals surface area contributed by atoms with E-state index in [-0.39, 0.29) is 21.9 Å². The summed E-state index contributed by atoms with van der Waals surface area (Å²) in [5, 5.41) is 9.24. The monoisotopic (exact) mass is 368 g/mol. The minimum atomic E-state index is -0.0760. The van der Waals surface area contributed by atoms with E-state index >= 15 is 0 Å². The molecule has 0 aromatic rings. The quantitative estimate of drug-likeness (QED) is 0.432. The summed E-state index contributed by atoms with van der Waals surface area (Å²) in [5.74, 6) is 0.843. The fourth-order valence-corrected chi connectivity index (χ4v) is 4.16. The van der Waals surface area contributed by atoms with Gasteiger partial charge in [0.15, 0.2) is 0 Å².